The number of hydrogen-bond donors (Lipinski definition) is 1. The predicted octanol–water partition coefficient (Wildman–Crippen LogP) is 2.08. The van der Waals surface area contributed by atoms with Crippen molar-refractivity contribution >= 4 is 15.9 Å². The highest BCUT2D eigenvalue weighted by Crippen LogP contribution is 2.24. The van der Waals surface area contributed by atoms with E-state index in [1.54, 1.807) is 0 Å². The Morgan fingerprint density at radius 3 is 2.69 bits per heavy atom. The highest BCUT2D eigenvalue weighted by atomic mass is 79.9. The van der Waals surface area contributed by atoms with Crippen molar-refractivity contribution in [3.05, 3.63) is 26.5 Å². The van der Waals surface area contributed by atoms with Gasteiger partial charge >= 0.3 is 0 Å². The van der Waals surface area contributed by atoms with Crippen molar-refractivity contribution in [1.29, 1.82) is 0 Å². The van der Waals surface area contributed by atoms with Crippen LogP contribution in [0.1, 0.15) is 12.1 Å². The van der Waals surface area contributed by atoms with Crippen LogP contribution in [0.25, 0.3) is 0 Å². The molecule has 0 amide bonds. The first-order valence-electron chi connectivity index (χ1n) is 3.31. The number of H-pyrrole nitrogens is 1. The van der Waals surface area contributed by atoms with Crippen molar-refractivity contribution in [2.45, 2.75) is 6.43 Å². The molecule has 0 aliphatic rings. The van der Waals surface area contributed by atoms with Crippen LogP contribution in [0.3, 0.4) is 0 Å². The Hall–Kier alpha value is -0.910. The average molecular weight is 254 g/mol. The predicted molar refractivity (Wildman–Crippen MR) is 46.3 cm³/mol. The van der Waals surface area contributed by atoms with Gasteiger partial charge in [-0.15, -0.1) is 0 Å². The third kappa shape index (κ3) is 2.06. The van der Waals surface area contributed by atoms with Crippen LogP contribution in [0.4, 0.5) is 8.78 Å². The van der Waals surface area contributed by atoms with Gasteiger partial charge in [0.15, 0.2) is 11.3 Å². The van der Waals surface area contributed by atoms with Gasteiger partial charge in [-0.25, -0.2) is 8.78 Å². The molecule has 1 rings (SSSR count). The number of hydrogen-bond acceptors (Lipinski definition) is 2. The van der Waals surface area contributed by atoms with Crippen LogP contribution in [-0.4, -0.2) is 12.1 Å². The van der Waals surface area contributed by atoms with E-state index in [0.29, 0.717) is 0 Å². The number of nitrogens with one attached hydrogen (secondary N) is 1. The number of aromatic amines is 1. The Balaban J connectivity index is 3.33. The molecule has 0 saturated carbocycles. The molecule has 0 atom stereocenters. The van der Waals surface area contributed by atoms with Crippen molar-refractivity contribution in [3.8, 4) is 5.88 Å². The minimum absolute atomic E-state index is 0.0171. The SMILES string of the molecule is COc1cc(=O)c(Br)c(C(F)F)[nH]1. The largest absolute Gasteiger partial charge is 0.482 e. The van der Waals surface area contributed by atoms with Crippen LogP contribution < -0.4 is 10.2 Å². The summed E-state index contributed by atoms with van der Waals surface area (Å²) < 4.78 is 29.0. The maximum Gasteiger partial charge on any atom is 0.279 e. The van der Waals surface area contributed by atoms with E-state index in [9.17, 15) is 13.6 Å². The van der Waals surface area contributed by atoms with E-state index >= 15 is 0 Å². The van der Waals surface area contributed by atoms with Gasteiger partial charge in [0, 0.05) is 6.07 Å². The van der Waals surface area contributed by atoms with Gasteiger partial charge in [0.1, 0.15) is 5.69 Å². The average Bonchev–Trinajstić information content (AvgIpc) is 2.09. The van der Waals surface area contributed by atoms with E-state index in [-0.39, 0.29) is 10.4 Å². The standard InChI is InChI=1S/C7H6BrF2NO2/c1-13-4-2-3(12)5(8)6(11-4)7(9)10/h2,7H,1H3,(H,11,12). The third-order valence-electron chi connectivity index (χ3n) is 1.41. The van der Waals surface area contributed by atoms with E-state index < -0.39 is 17.5 Å². The lowest BCUT2D eigenvalue weighted by Crippen LogP contribution is -2.08. The van der Waals surface area contributed by atoms with Crippen molar-refractivity contribution in [2.24, 2.45) is 0 Å². The van der Waals surface area contributed by atoms with Crippen LogP contribution in [-0.2, 0) is 0 Å². The zero-order valence-electron chi connectivity index (χ0n) is 6.61. The second kappa shape index (κ2) is 3.87. The second-order valence-electron chi connectivity index (χ2n) is 2.23. The smallest absolute Gasteiger partial charge is 0.279 e. The first-order chi connectivity index (χ1) is 6.06. The molecule has 0 aliphatic carbocycles. The molecule has 72 valence electrons. The quantitative estimate of drug-likeness (QED) is 0.877. The molecule has 1 aromatic heterocycles. The minimum atomic E-state index is -2.74. The van der Waals surface area contributed by atoms with Crippen molar-refractivity contribution in [2.75, 3.05) is 7.11 Å². The lowest BCUT2D eigenvalue weighted by molar-refractivity contribution is 0.144. The number of rotatable bonds is 2. The lowest BCUT2D eigenvalue weighted by atomic mass is 10.3. The molecule has 0 fully saturated rings. The van der Waals surface area contributed by atoms with E-state index in [1.165, 1.54) is 7.11 Å². The van der Waals surface area contributed by atoms with Crippen LogP contribution in [0.5, 0.6) is 5.88 Å². The first-order valence-corrected chi connectivity index (χ1v) is 4.10. The molecular weight excluding hydrogens is 248 g/mol. The normalized spacial score (nSPS) is 10.5. The molecule has 0 spiro atoms. The summed E-state index contributed by atoms with van der Waals surface area (Å²) in [6, 6.07) is 1.09. The molecule has 0 unspecified atom stereocenters. The fourth-order valence-corrected chi connectivity index (χ4v) is 1.19. The summed E-state index contributed by atoms with van der Waals surface area (Å²) in [5.41, 5.74) is -1.00. The lowest BCUT2D eigenvalue weighted by Gasteiger charge is -2.05. The molecule has 0 aliphatic heterocycles. The van der Waals surface area contributed by atoms with Gasteiger partial charge in [-0.2, -0.15) is 0 Å². The van der Waals surface area contributed by atoms with Crippen molar-refractivity contribution < 1.29 is 13.5 Å². The molecule has 3 nitrogen and oxygen atoms in total. The Kier molecular flexibility index (Phi) is 3.02. The molecular formula is C7H6BrF2NO2. The van der Waals surface area contributed by atoms with Gasteiger partial charge in [0.05, 0.1) is 11.6 Å². The Labute approximate surface area is 80.9 Å². The topological polar surface area (TPSA) is 42.1 Å². The Morgan fingerprint density at radius 2 is 2.23 bits per heavy atom. The van der Waals surface area contributed by atoms with Gasteiger partial charge in [0.2, 0.25) is 0 Å². The number of aromatic nitrogens is 1. The molecule has 1 heterocycles. The molecule has 1 aromatic rings. The number of ether oxygens (including phenoxy) is 1. The van der Waals surface area contributed by atoms with Crippen LogP contribution in [0, 0.1) is 0 Å². The maximum atomic E-state index is 12.3. The fourth-order valence-electron chi connectivity index (χ4n) is 0.799. The fraction of sp³-hybridized carbons (Fsp3) is 0.286. The van der Waals surface area contributed by atoms with Gasteiger partial charge in [-0.05, 0) is 15.9 Å². The molecule has 0 radical (unpaired) electrons. The summed E-state index contributed by atoms with van der Waals surface area (Å²) in [4.78, 5) is 13.3. The van der Waals surface area contributed by atoms with Gasteiger partial charge in [-0.3, -0.25) is 4.79 Å². The van der Waals surface area contributed by atoms with E-state index in [2.05, 4.69) is 25.7 Å². The van der Waals surface area contributed by atoms with E-state index in [1.807, 2.05) is 0 Å². The van der Waals surface area contributed by atoms with Gasteiger partial charge < -0.3 is 9.72 Å². The van der Waals surface area contributed by atoms with E-state index in [4.69, 9.17) is 0 Å². The summed E-state index contributed by atoms with van der Waals surface area (Å²) in [6.07, 6.45) is -2.74. The highest BCUT2D eigenvalue weighted by Gasteiger charge is 2.15. The molecule has 6 heteroatoms. The zero-order chi connectivity index (χ0) is 10.0. The second-order valence-corrected chi connectivity index (χ2v) is 3.02. The van der Waals surface area contributed by atoms with Gasteiger partial charge in [-0.1, -0.05) is 0 Å². The summed E-state index contributed by atoms with van der Waals surface area (Å²) in [5.74, 6) is 0.0171. The summed E-state index contributed by atoms with van der Waals surface area (Å²) in [7, 11) is 1.29. The van der Waals surface area contributed by atoms with E-state index in [0.717, 1.165) is 6.07 Å². The first kappa shape index (κ1) is 10.2. The zero-order valence-corrected chi connectivity index (χ0v) is 8.19. The summed E-state index contributed by atoms with van der Waals surface area (Å²) in [5, 5.41) is 0. The Morgan fingerprint density at radius 1 is 1.62 bits per heavy atom. The molecule has 0 aromatic carbocycles. The molecule has 13 heavy (non-hydrogen) atoms. The third-order valence-corrected chi connectivity index (χ3v) is 2.23. The number of pyridine rings is 1. The minimum Gasteiger partial charge on any atom is -0.482 e. The summed E-state index contributed by atoms with van der Waals surface area (Å²) in [6.45, 7) is 0. The summed E-state index contributed by atoms with van der Waals surface area (Å²) >= 11 is 2.76. The van der Waals surface area contributed by atoms with Crippen molar-refractivity contribution in [1.82, 2.24) is 4.98 Å². The van der Waals surface area contributed by atoms with Crippen LogP contribution in [0.2, 0.25) is 0 Å². The number of halogens is 3. The number of methoxy groups -OCH3 is 1. The number of alkyl halides is 2. The highest BCUT2D eigenvalue weighted by molar-refractivity contribution is 9.10. The molecule has 1 N–H and O–H groups in total. The van der Waals surface area contributed by atoms with Gasteiger partial charge in [0.25, 0.3) is 6.43 Å². The maximum absolute atomic E-state index is 12.3. The monoisotopic (exact) mass is 253 g/mol. The van der Waals surface area contributed by atoms with Crippen LogP contribution in [0.15, 0.2) is 15.3 Å². The van der Waals surface area contributed by atoms with Crippen molar-refractivity contribution in [3.63, 3.8) is 0 Å². The molecule has 0 bridgehead atoms. The Bertz CT molecular complexity index is 364. The van der Waals surface area contributed by atoms with Crippen LogP contribution >= 0.6 is 15.9 Å². The molecule has 0 saturated heterocycles.